The van der Waals surface area contributed by atoms with E-state index in [2.05, 4.69) is 44.3 Å². The van der Waals surface area contributed by atoms with Gasteiger partial charge in [0, 0.05) is 6.42 Å². The average molecular weight is 274 g/mol. The predicted octanol–water partition coefficient (Wildman–Crippen LogP) is 3.74. The lowest BCUT2D eigenvalue weighted by Gasteiger charge is -2.27. The Morgan fingerprint density at radius 2 is 2.05 bits per heavy atom. The molecule has 1 N–H and O–H groups in total. The molecule has 0 aliphatic carbocycles. The molecule has 0 saturated heterocycles. The van der Waals surface area contributed by atoms with Gasteiger partial charge in [0.15, 0.2) is 0 Å². The van der Waals surface area contributed by atoms with Gasteiger partial charge in [-0.25, -0.2) is 0 Å². The van der Waals surface area contributed by atoms with E-state index in [1.165, 1.54) is 11.1 Å². The van der Waals surface area contributed by atoms with Crippen LogP contribution in [0, 0.1) is 25.2 Å². The molecule has 0 aromatic heterocycles. The van der Waals surface area contributed by atoms with Gasteiger partial charge in [0.2, 0.25) is 0 Å². The second-order valence-corrected chi connectivity index (χ2v) is 5.75. The standard InChI is InChI=1S/C17H26N2O/c1-6-9-19-17(5,12-18)11-15(4)20-16-8-7-13(2)14(3)10-16/h7-8,10,15,19H,6,9,11H2,1-5H3. The smallest absolute Gasteiger partial charge is 0.119 e. The van der Waals surface area contributed by atoms with Crippen LogP contribution in [0.25, 0.3) is 0 Å². The zero-order valence-corrected chi connectivity index (χ0v) is 13.3. The van der Waals surface area contributed by atoms with Gasteiger partial charge in [0.05, 0.1) is 12.2 Å². The van der Waals surface area contributed by atoms with E-state index < -0.39 is 5.54 Å². The maximum absolute atomic E-state index is 9.34. The molecule has 1 rings (SSSR count). The van der Waals surface area contributed by atoms with Crippen molar-refractivity contribution in [3.63, 3.8) is 0 Å². The lowest BCUT2D eigenvalue weighted by molar-refractivity contribution is 0.179. The Bertz CT molecular complexity index is 478. The molecule has 0 spiro atoms. The molecular formula is C17H26N2O. The van der Waals surface area contributed by atoms with Crippen molar-refractivity contribution in [1.29, 1.82) is 5.26 Å². The highest BCUT2D eigenvalue weighted by molar-refractivity contribution is 5.33. The second-order valence-electron chi connectivity index (χ2n) is 5.75. The molecule has 1 aromatic rings. The highest BCUT2D eigenvalue weighted by Crippen LogP contribution is 2.21. The topological polar surface area (TPSA) is 45.0 Å². The molecule has 1 aromatic carbocycles. The molecule has 110 valence electrons. The van der Waals surface area contributed by atoms with Gasteiger partial charge in [-0.15, -0.1) is 0 Å². The van der Waals surface area contributed by atoms with E-state index in [0.717, 1.165) is 18.7 Å². The van der Waals surface area contributed by atoms with Crippen molar-refractivity contribution >= 4 is 0 Å². The molecule has 0 bridgehead atoms. The van der Waals surface area contributed by atoms with E-state index >= 15 is 0 Å². The molecule has 0 amide bonds. The molecule has 0 fully saturated rings. The maximum atomic E-state index is 9.34. The number of rotatable bonds is 7. The fraction of sp³-hybridized carbons (Fsp3) is 0.588. The summed E-state index contributed by atoms with van der Waals surface area (Å²) in [6.07, 6.45) is 1.67. The zero-order chi connectivity index (χ0) is 15.2. The first kappa shape index (κ1) is 16.5. The van der Waals surface area contributed by atoms with Gasteiger partial charge in [-0.2, -0.15) is 5.26 Å². The van der Waals surface area contributed by atoms with Crippen LogP contribution in [0.5, 0.6) is 5.75 Å². The number of hydrogen-bond acceptors (Lipinski definition) is 3. The maximum Gasteiger partial charge on any atom is 0.119 e. The molecule has 3 heteroatoms. The van der Waals surface area contributed by atoms with Crippen LogP contribution in [-0.2, 0) is 0 Å². The molecule has 0 radical (unpaired) electrons. The number of benzene rings is 1. The minimum absolute atomic E-state index is 0.00823. The predicted molar refractivity (Wildman–Crippen MR) is 82.9 cm³/mol. The molecule has 0 heterocycles. The van der Waals surface area contributed by atoms with Crippen LogP contribution in [-0.4, -0.2) is 18.2 Å². The molecular weight excluding hydrogens is 248 g/mol. The Labute approximate surface area is 123 Å². The summed E-state index contributed by atoms with van der Waals surface area (Å²) >= 11 is 0. The van der Waals surface area contributed by atoms with E-state index in [1.807, 2.05) is 19.9 Å². The van der Waals surface area contributed by atoms with Crippen molar-refractivity contribution in [1.82, 2.24) is 5.32 Å². The minimum Gasteiger partial charge on any atom is -0.491 e. The number of nitriles is 1. The van der Waals surface area contributed by atoms with Crippen molar-refractivity contribution < 1.29 is 4.74 Å². The highest BCUT2D eigenvalue weighted by Gasteiger charge is 2.26. The van der Waals surface area contributed by atoms with Crippen LogP contribution in [0.4, 0.5) is 0 Å². The third-order valence-electron chi connectivity index (χ3n) is 3.52. The van der Waals surface area contributed by atoms with Gasteiger partial charge in [0.1, 0.15) is 11.3 Å². The lowest BCUT2D eigenvalue weighted by atomic mass is 9.96. The largest absolute Gasteiger partial charge is 0.491 e. The summed E-state index contributed by atoms with van der Waals surface area (Å²) in [5.41, 5.74) is 1.95. The van der Waals surface area contributed by atoms with E-state index in [-0.39, 0.29) is 6.10 Å². The van der Waals surface area contributed by atoms with Crippen LogP contribution >= 0.6 is 0 Å². The van der Waals surface area contributed by atoms with Crippen LogP contribution in [0.3, 0.4) is 0 Å². The first-order valence-corrected chi connectivity index (χ1v) is 7.30. The molecule has 20 heavy (non-hydrogen) atoms. The summed E-state index contributed by atoms with van der Waals surface area (Å²) in [4.78, 5) is 0. The number of nitrogens with zero attached hydrogens (tertiary/aromatic N) is 1. The summed E-state index contributed by atoms with van der Waals surface area (Å²) in [5, 5.41) is 12.6. The third kappa shape index (κ3) is 4.86. The number of nitrogens with one attached hydrogen (secondary N) is 1. The quantitative estimate of drug-likeness (QED) is 0.823. The van der Waals surface area contributed by atoms with Gasteiger partial charge in [0.25, 0.3) is 0 Å². The summed E-state index contributed by atoms with van der Waals surface area (Å²) in [5.74, 6) is 0.872. The summed E-state index contributed by atoms with van der Waals surface area (Å²) in [7, 11) is 0. The van der Waals surface area contributed by atoms with Gasteiger partial charge < -0.3 is 4.74 Å². The van der Waals surface area contributed by atoms with Crippen LogP contribution in [0.1, 0.15) is 44.7 Å². The Hall–Kier alpha value is -1.53. The van der Waals surface area contributed by atoms with Crippen LogP contribution < -0.4 is 10.1 Å². The monoisotopic (exact) mass is 274 g/mol. The van der Waals surface area contributed by atoms with Gasteiger partial charge in [-0.3, -0.25) is 5.32 Å². The second kappa shape index (κ2) is 7.31. The first-order valence-electron chi connectivity index (χ1n) is 7.30. The number of hydrogen-bond donors (Lipinski definition) is 1. The molecule has 0 saturated carbocycles. The molecule has 3 nitrogen and oxygen atoms in total. The minimum atomic E-state index is -0.533. The van der Waals surface area contributed by atoms with E-state index in [9.17, 15) is 5.26 Å². The van der Waals surface area contributed by atoms with Gasteiger partial charge in [-0.05, 0) is 63.9 Å². The Morgan fingerprint density at radius 3 is 2.60 bits per heavy atom. The Balaban J connectivity index is 2.64. The van der Waals surface area contributed by atoms with Crippen molar-refractivity contribution in [2.75, 3.05) is 6.54 Å². The Kier molecular flexibility index (Phi) is 6.04. The Morgan fingerprint density at radius 1 is 1.35 bits per heavy atom. The van der Waals surface area contributed by atoms with Crippen LogP contribution in [0.2, 0.25) is 0 Å². The molecule has 0 aliphatic rings. The SMILES string of the molecule is CCCNC(C)(C#N)CC(C)Oc1ccc(C)c(C)c1. The van der Waals surface area contributed by atoms with E-state index in [0.29, 0.717) is 6.42 Å². The van der Waals surface area contributed by atoms with Crippen molar-refractivity contribution in [3.8, 4) is 11.8 Å². The fourth-order valence-corrected chi connectivity index (χ4v) is 2.19. The highest BCUT2D eigenvalue weighted by atomic mass is 16.5. The van der Waals surface area contributed by atoms with E-state index in [4.69, 9.17) is 4.74 Å². The van der Waals surface area contributed by atoms with E-state index in [1.54, 1.807) is 0 Å². The summed E-state index contributed by atoms with van der Waals surface area (Å²) in [6, 6.07) is 8.46. The molecule has 2 unspecified atom stereocenters. The fourth-order valence-electron chi connectivity index (χ4n) is 2.19. The summed E-state index contributed by atoms with van der Waals surface area (Å²) in [6.45, 7) is 11.1. The van der Waals surface area contributed by atoms with Crippen molar-refractivity contribution in [2.45, 2.75) is 59.1 Å². The molecule has 0 aliphatic heterocycles. The normalized spacial score (nSPS) is 15.2. The molecule has 2 atom stereocenters. The third-order valence-corrected chi connectivity index (χ3v) is 3.52. The first-order chi connectivity index (χ1) is 9.40. The number of aryl methyl sites for hydroxylation is 2. The average Bonchev–Trinajstić information content (AvgIpc) is 2.40. The van der Waals surface area contributed by atoms with Gasteiger partial charge >= 0.3 is 0 Å². The van der Waals surface area contributed by atoms with Crippen LogP contribution in [0.15, 0.2) is 18.2 Å². The van der Waals surface area contributed by atoms with Crippen molar-refractivity contribution in [2.24, 2.45) is 0 Å². The number of ether oxygens (including phenoxy) is 1. The zero-order valence-electron chi connectivity index (χ0n) is 13.3. The lowest BCUT2D eigenvalue weighted by Crippen LogP contribution is -2.44. The summed E-state index contributed by atoms with van der Waals surface area (Å²) < 4.78 is 5.94. The van der Waals surface area contributed by atoms with Gasteiger partial charge in [-0.1, -0.05) is 13.0 Å². The van der Waals surface area contributed by atoms with Crippen molar-refractivity contribution in [3.05, 3.63) is 29.3 Å².